The van der Waals surface area contributed by atoms with Crippen molar-refractivity contribution in [1.82, 2.24) is 4.98 Å². The molecule has 2 aromatic rings. The lowest BCUT2D eigenvalue weighted by molar-refractivity contribution is 0.629. The number of hydrogen-bond donors (Lipinski definition) is 2. The Morgan fingerprint density at radius 3 is 2.47 bits per heavy atom. The van der Waals surface area contributed by atoms with Crippen LogP contribution >= 0.6 is 0 Å². The lowest BCUT2D eigenvalue weighted by Crippen LogP contribution is -1.93. The van der Waals surface area contributed by atoms with E-state index >= 15 is 0 Å². The van der Waals surface area contributed by atoms with Crippen LogP contribution < -0.4 is 11.1 Å². The second-order valence-electron chi connectivity index (χ2n) is 3.13. The van der Waals surface area contributed by atoms with Crippen molar-refractivity contribution >= 4 is 17.1 Å². The van der Waals surface area contributed by atoms with Gasteiger partial charge in [-0.05, 0) is 30.3 Å². The summed E-state index contributed by atoms with van der Waals surface area (Å²) in [5, 5.41) is 3.03. The minimum atomic E-state index is -0.355. The standard InChI is InChI=1S/C11H10FN3/c12-8-5-9(13)7-11(6-8)15-10-1-3-14-4-2-10/h1-7H,13H2,(H,14,15). The number of pyridine rings is 1. The third-order valence-electron chi connectivity index (χ3n) is 1.89. The molecule has 0 bridgehead atoms. The summed E-state index contributed by atoms with van der Waals surface area (Å²) >= 11 is 0. The van der Waals surface area contributed by atoms with E-state index in [2.05, 4.69) is 10.3 Å². The number of nitrogens with zero attached hydrogens (tertiary/aromatic N) is 1. The lowest BCUT2D eigenvalue weighted by Gasteiger charge is -2.06. The molecule has 15 heavy (non-hydrogen) atoms. The molecule has 0 aliphatic carbocycles. The predicted octanol–water partition coefficient (Wildman–Crippen LogP) is 2.55. The van der Waals surface area contributed by atoms with Gasteiger partial charge in [0.2, 0.25) is 0 Å². The highest BCUT2D eigenvalue weighted by Gasteiger charge is 1.98. The number of anilines is 3. The van der Waals surface area contributed by atoms with Crippen LogP contribution in [-0.2, 0) is 0 Å². The molecule has 0 amide bonds. The molecular formula is C11H10FN3. The van der Waals surface area contributed by atoms with Gasteiger partial charge in [0.1, 0.15) is 5.82 Å². The van der Waals surface area contributed by atoms with Crippen molar-refractivity contribution in [3.8, 4) is 0 Å². The Morgan fingerprint density at radius 2 is 1.80 bits per heavy atom. The van der Waals surface area contributed by atoms with Gasteiger partial charge in [0.05, 0.1) is 0 Å². The van der Waals surface area contributed by atoms with Crippen molar-refractivity contribution in [2.24, 2.45) is 0 Å². The van der Waals surface area contributed by atoms with Crippen molar-refractivity contribution < 1.29 is 4.39 Å². The summed E-state index contributed by atoms with van der Waals surface area (Å²) in [6, 6.07) is 7.92. The molecule has 0 radical (unpaired) electrons. The maximum atomic E-state index is 13.0. The summed E-state index contributed by atoms with van der Waals surface area (Å²) in [4.78, 5) is 3.88. The Balaban J connectivity index is 2.25. The first-order chi connectivity index (χ1) is 7.24. The largest absolute Gasteiger partial charge is 0.399 e. The van der Waals surface area contributed by atoms with Crippen LogP contribution in [0.5, 0.6) is 0 Å². The molecule has 0 saturated carbocycles. The molecule has 3 nitrogen and oxygen atoms in total. The monoisotopic (exact) mass is 203 g/mol. The van der Waals surface area contributed by atoms with Crippen LogP contribution in [0.3, 0.4) is 0 Å². The van der Waals surface area contributed by atoms with Gasteiger partial charge < -0.3 is 11.1 Å². The van der Waals surface area contributed by atoms with Crippen LogP contribution in [-0.4, -0.2) is 4.98 Å². The topological polar surface area (TPSA) is 50.9 Å². The molecule has 3 N–H and O–H groups in total. The first-order valence-corrected chi connectivity index (χ1v) is 4.47. The van der Waals surface area contributed by atoms with Gasteiger partial charge in [-0.1, -0.05) is 0 Å². The third-order valence-corrected chi connectivity index (χ3v) is 1.89. The second-order valence-corrected chi connectivity index (χ2v) is 3.13. The molecule has 1 aromatic heterocycles. The Morgan fingerprint density at radius 1 is 1.07 bits per heavy atom. The van der Waals surface area contributed by atoms with E-state index in [0.717, 1.165) is 5.69 Å². The summed E-state index contributed by atoms with van der Waals surface area (Å²) in [5.74, 6) is -0.355. The van der Waals surface area contributed by atoms with E-state index < -0.39 is 0 Å². The third kappa shape index (κ3) is 2.43. The molecule has 0 spiro atoms. The Bertz CT molecular complexity index is 436. The van der Waals surface area contributed by atoms with Gasteiger partial charge in [-0.15, -0.1) is 0 Å². The number of nitrogen functional groups attached to an aromatic ring is 1. The second kappa shape index (κ2) is 3.96. The summed E-state index contributed by atoms with van der Waals surface area (Å²) in [6.07, 6.45) is 3.32. The lowest BCUT2D eigenvalue weighted by atomic mass is 10.2. The maximum absolute atomic E-state index is 13.0. The normalized spacial score (nSPS) is 9.93. The molecule has 4 heteroatoms. The number of nitrogens with one attached hydrogen (secondary N) is 1. The maximum Gasteiger partial charge on any atom is 0.127 e. The van der Waals surface area contributed by atoms with Crippen molar-refractivity contribution in [2.45, 2.75) is 0 Å². The van der Waals surface area contributed by atoms with E-state index in [-0.39, 0.29) is 5.82 Å². The smallest absolute Gasteiger partial charge is 0.127 e. The highest BCUT2D eigenvalue weighted by Crippen LogP contribution is 2.19. The zero-order valence-corrected chi connectivity index (χ0v) is 7.94. The van der Waals surface area contributed by atoms with Crippen molar-refractivity contribution in [3.63, 3.8) is 0 Å². The summed E-state index contributed by atoms with van der Waals surface area (Å²) in [7, 11) is 0. The van der Waals surface area contributed by atoms with Gasteiger partial charge in [0, 0.05) is 29.5 Å². The molecule has 76 valence electrons. The van der Waals surface area contributed by atoms with E-state index in [1.54, 1.807) is 30.6 Å². The van der Waals surface area contributed by atoms with Gasteiger partial charge in [0.15, 0.2) is 0 Å². The molecule has 0 atom stereocenters. The quantitative estimate of drug-likeness (QED) is 0.737. The Labute approximate surface area is 86.8 Å². The highest BCUT2D eigenvalue weighted by atomic mass is 19.1. The number of nitrogens with two attached hydrogens (primary N) is 1. The summed E-state index contributed by atoms with van der Waals surface area (Å²) in [6.45, 7) is 0. The predicted molar refractivity (Wildman–Crippen MR) is 58.3 cm³/mol. The van der Waals surface area contributed by atoms with Crippen LogP contribution in [0.4, 0.5) is 21.5 Å². The van der Waals surface area contributed by atoms with Gasteiger partial charge in [-0.3, -0.25) is 4.98 Å². The molecule has 0 unspecified atom stereocenters. The van der Waals surface area contributed by atoms with E-state index in [1.165, 1.54) is 12.1 Å². The number of hydrogen-bond acceptors (Lipinski definition) is 3. The van der Waals surface area contributed by atoms with E-state index in [4.69, 9.17) is 5.73 Å². The number of benzene rings is 1. The highest BCUT2D eigenvalue weighted by molar-refractivity contribution is 5.63. The fourth-order valence-corrected chi connectivity index (χ4v) is 1.29. The van der Waals surface area contributed by atoms with Crippen LogP contribution in [0.2, 0.25) is 0 Å². The van der Waals surface area contributed by atoms with Crippen LogP contribution in [0.15, 0.2) is 42.7 Å². The number of rotatable bonds is 2. The molecule has 0 aliphatic rings. The Kier molecular flexibility index (Phi) is 2.49. The zero-order chi connectivity index (χ0) is 10.7. The molecule has 0 aliphatic heterocycles. The van der Waals surface area contributed by atoms with Crippen molar-refractivity contribution in [3.05, 3.63) is 48.5 Å². The fraction of sp³-hybridized carbons (Fsp3) is 0. The average molecular weight is 203 g/mol. The van der Waals surface area contributed by atoms with Crippen LogP contribution in [0.25, 0.3) is 0 Å². The van der Waals surface area contributed by atoms with Gasteiger partial charge >= 0.3 is 0 Å². The van der Waals surface area contributed by atoms with Crippen molar-refractivity contribution in [1.29, 1.82) is 0 Å². The van der Waals surface area contributed by atoms with Crippen molar-refractivity contribution in [2.75, 3.05) is 11.1 Å². The first kappa shape index (κ1) is 9.45. The molecule has 1 aromatic carbocycles. The summed E-state index contributed by atoms with van der Waals surface area (Å²) in [5.41, 5.74) is 7.38. The zero-order valence-electron chi connectivity index (χ0n) is 7.94. The van der Waals surface area contributed by atoms with Gasteiger partial charge in [-0.25, -0.2) is 4.39 Å². The van der Waals surface area contributed by atoms with Crippen LogP contribution in [0, 0.1) is 5.82 Å². The van der Waals surface area contributed by atoms with Gasteiger partial charge in [-0.2, -0.15) is 0 Å². The summed E-state index contributed by atoms with van der Waals surface area (Å²) < 4.78 is 13.0. The molecule has 0 saturated heterocycles. The van der Waals surface area contributed by atoms with E-state index in [0.29, 0.717) is 11.4 Å². The van der Waals surface area contributed by atoms with Gasteiger partial charge in [0.25, 0.3) is 0 Å². The minimum absolute atomic E-state index is 0.355. The average Bonchev–Trinajstić information content (AvgIpc) is 2.17. The first-order valence-electron chi connectivity index (χ1n) is 4.47. The number of aromatic nitrogens is 1. The molecular weight excluding hydrogens is 193 g/mol. The van der Waals surface area contributed by atoms with E-state index in [1.807, 2.05) is 0 Å². The van der Waals surface area contributed by atoms with Crippen LogP contribution in [0.1, 0.15) is 0 Å². The van der Waals surface area contributed by atoms with E-state index in [9.17, 15) is 4.39 Å². The molecule has 2 rings (SSSR count). The minimum Gasteiger partial charge on any atom is -0.399 e. The molecule has 0 fully saturated rings. The fourth-order valence-electron chi connectivity index (χ4n) is 1.29. The Hall–Kier alpha value is -2.10. The SMILES string of the molecule is Nc1cc(F)cc(Nc2ccncc2)c1. The number of halogens is 1. The molecule has 1 heterocycles.